The second-order valence-corrected chi connectivity index (χ2v) is 8.62. The van der Waals surface area contributed by atoms with E-state index < -0.39 is 0 Å². The summed E-state index contributed by atoms with van der Waals surface area (Å²) in [6.45, 7) is 2.10. The Morgan fingerprint density at radius 1 is 1.20 bits per heavy atom. The van der Waals surface area contributed by atoms with Crippen molar-refractivity contribution in [2.24, 2.45) is 0 Å². The van der Waals surface area contributed by atoms with E-state index in [4.69, 9.17) is 16.6 Å². The molecule has 30 heavy (non-hydrogen) atoms. The van der Waals surface area contributed by atoms with Crippen LogP contribution in [0.5, 0.6) is 0 Å². The molecule has 8 heteroatoms. The molecule has 0 aliphatic heterocycles. The first kappa shape index (κ1) is 20.5. The number of hydrogen-bond donors (Lipinski definition) is 0. The minimum absolute atomic E-state index is 0.0851. The van der Waals surface area contributed by atoms with Gasteiger partial charge in [0.15, 0.2) is 0 Å². The molecule has 2 heterocycles. The van der Waals surface area contributed by atoms with Gasteiger partial charge < -0.3 is 4.90 Å². The molecule has 154 valence electrons. The van der Waals surface area contributed by atoms with Crippen molar-refractivity contribution in [3.8, 4) is 5.69 Å². The number of carbonyl (C=O) groups excluding carboxylic acids is 1. The third kappa shape index (κ3) is 4.22. The predicted octanol–water partition coefficient (Wildman–Crippen LogP) is 5.01. The SMILES string of the molecule is CC[C@@H](CCc1nc2ccccc2s1)N(C)C(=O)c1cc(Cl)ccc1-n1nccn1. The van der Waals surface area contributed by atoms with E-state index in [0.717, 1.165) is 29.8 Å². The molecule has 0 unspecified atom stereocenters. The van der Waals surface area contributed by atoms with E-state index in [9.17, 15) is 4.79 Å². The number of amides is 1. The Bertz CT molecular complexity index is 1120. The van der Waals surface area contributed by atoms with Gasteiger partial charge in [-0.3, -0.25) is 4.79 Å². The highest BCUT2D eigenvalue weighted by molar-refractivity contribution is 7.18. The molecule has 6 nitrogen and oxygen atoms in total. The highest BCUT2D eigenvalue weighted by atomic mass is 35.5. The predicted molar refractivity (Wildman–Crippen MR) is 120 cm³/mol. The Balaban J connectivity index is 1.52. The van der Waals surface area contributed by atoms with Crippen molar-refractivity contribution in [1.82, 2.24) is 24.9 Å². The average molecular weight is 440 g/mol. The van der Waals surface area contributed by atoms with Gasteiger partial charge in [-0.05, 0) is 43.2 Å². The monoisotopic (exact) mass is 439 g/mol. The minimum atomic E-state index is -0.0963. The number of aromatic nitrogens is 4. The first-order valence-corrected chi connectivity index (χ1v) is 11.0. The van der Waals surface area contributed by atoms with Crippen LogP contribution in [0.3, 0.4) is 0 Å². The van der Waals surface area contributed by atoms with Crippen LogP contribution in [0.2, 0.25) is 5.02 Å². The van der Waals surface area contributed by atoms with Gasteiger partial charge in [0, 0.05) is 24.5 Å². The Hall–Kier alpha value is -2.77. The van der Waals surface area contributed by atoms with Gasteiger partial charge >= 0.3 is 0 Å². The molecule has 0 spiro atoms. The maximum atomic E-state index is 13.4. The Morgan fingerprint density at radius 2 is 1.97 bits per heavy atom. The number of benzene rings is 2. The lowest BCUT2D eigenvalue weighted by Crippen LogP contribution is -2.37. The summed E-state index contributed by atoms with van der Waals surface area (Å²) in [6.07, 6.45) is 5.69. The fourth-order valence-electron chi connectivity index (χ4n) is 3.54. The maximum absolute atomic E-state index is 13.4. The highest BCUT2D eigenvalue weighted by Gasteiger charge is 2.24. The van der Waals surface area contributed by atoms with Crippen LogP contribution in [-0.4, -0.2) is 43.9 Å². The van der Waals surface area contributed by atoms with Crippen molar-refractivity contribution in [2.45, 2.75) is 32.2 Å². The lowest BCUT2D eigenvalue weighted by atomic mass is 10.1. The first-order chi connectivity index (χ1) is 14.6. The van der Waals surface area contributed by atoms with Crippen LogP contribution in [0.1, 0.15) is 35.1 Å². The van der Waals surface area contributed by atoms with Gasteiger partial charge in [0.2, 0.25) is 0 Å². The van der Waals surface area contributed by atoms with Crippen LogP contribution in [0, 0.1) is 0 Å². The summed E-state index contributed by atoms with van der Waals surface area (Å²) in [5, 5.41) is 9.93. The number of halogens is 1. The number of aryl methyl sites for hydroxylation is 1. The summed E-state index contributed by atoms with van der Waals surface area (Å²) in [5.41, 5.74) is 2.13. The molecule has 4 rings (SSSR count). The van der Waals surface area contributed by atoms with E-state index in [1.165, 1.54) is 9.50 Å². The third-order valence-electron chi connectivity index (χ3n) is 5.19. The zero-order valence-corrected chi connectivity index (χ0v) is 18.4. The minimum Gasteiger partial charge on any atom is -0.339 e. The van der Waals surface area contributed by atoms with Gasteiger partial charge in [0.1, 0.15) is 0 Å². The van der Waals surface area contributed by atoms with Crippen LogP contribution >= 0.6 is 22.9 Å². The average Bonchev–Trinajstić information content (AvgIpc) is 3.43. The fourth-order valence-corrected chi connectivity index (χ4v) is 4.69. The molecule has 1 amide bonds. The van der Waals surface area contributed by atoms with Crippen molar-refractivity contribution in [3.63, 3.8) is 0 Å². The number of hydrogen-bond acceptors (Lipinski definition) is 5. The molecular weight excluding hydrogens is 418 g/mol. The highest BCUT2D eigenvalue weighted by Crippen LogP contribution is 2.25. The lowest BCUT2D eigenvalue weighted by molar-refractivity contribution is 0.0719. The number of nitrogens with zero attached hydrogens (tertiary/aromatic N) is 5. The summed E-state index contributed by atoms with van der Waals surface area (Å²) in [5.74, 6) is -0.0963. The second-order valence-electron chi connectivity index (χ2n) is 7.07. The largest absolute Gasteiger partial charge is 0.339 e. The van der Waals surface area contributed by atoms with Gasteiger partial charge in [-0.2, -0.15) is 15.0 Å². The van der Waals surface area contributed by atoms with Crippen molar-refractivity contribution in [3.05, 3.63) is 70.5 Å². The molecule has 0 N–H and O–H groups in total. The van der Waals surface area contributed by atoms with Crippen LogP contribution in [-0.2, 0) is 6.42 Å². The zero-order valence-electron chi connectivity index (χ0n) is 16.8. The maximum Gasteiger partial charge on any atom is 0.256 e. The molecule has 0 aliphatic carbocycles. The van der Waals surface area contributed by atoms with E-state index in [-0.39, 0.29) is 11.9 Å². The number of rotatable bonds is 7. The van der Waals surface area contributed by atoms with Crippen LogP contribution < -0.4 is 0 Å². The Morgan fingerprint density at radius 3 is 2.70 bits per heavy atom. The summed E-state index contributed by atoms with van der Waals surface area (Å²) in [6, 6.07) is 13.4. The van der Waals surface area contributed by atoms with Gasteiger partial charge in [0.05, 0.1) is 38.9 Å². The lowest BCUT2D eigenvalue weighted by Gasteiger charge is -2.28. The number of carbonyl (C=O) groups is 1. The fraction of sp³-hybridized carbons (Fsp3) is 0.273. The van der Waals surface area contributed by atoms with Crippen LogP contribution in [0.15, 0.2) is 54.9 Å². The van der Waals surface area contributed by atoms with Gasteiger partial charge in [-0.15, -0.1) is 11.3 Å². The van der Waals surface area contributed by atoms with Crippen molar-refractivity contribution in [1.29, 1.82) is 0 Å². The summed E-state index contributed by atoms with van der Waals surface area (Å²) in [4.78, 5) is 21.3. The molecule has 1 atom stereocenters. The van der Waals surface area contributed by atoms with Crippen LogP contribution in [0.4, 0.5) is 0 Å². The molecule has 0 saturated carbocycles. The third-order valence-corrected chi connectivity index (χ3v) is 6.52. The molecule has 2 aromatic carbocycles. The second kappa shape index (κ2) is 8.93. The van der Waals surface area contributed by atoms with E-state index in [0.29, 0.717) is 16.3 Å². The molecule has 0 aliphatic rings. The van der Waals surface area contributed by atoms with Gasteiger partial charge in [-0.25, -0.2) is 4.98 Å². The van der Waals surface area contributed by atoms with E-state index in [1.807, 2.05) is 25.2 Å². The molecule has 0 fully saturated rings. The standard InChI is InChI=1S/C22H22ClN5OS/c1-3-16(9-11-21-26-18-6-4-5-7-20(18)30-21)27(2)22(29)17-14-15(23)8-10-19(17)28-24-12-13-25-28/h4-8,10,12-14,16H,3,9,11H2,1-2H3/t16-/m0/s1. The summed E-state index contributed by atoms with van der Waals surface area (Å²) >= 11 is 7.91. The Kier molecular flexibility index (Phi) is 6.11. The quantitative estimate of drug-likeness (QED) is 0.406. The summed E-state index contributed by atoms with van der Waals surface area (Å²) in [7, 11) is 1.84. The van der Waals surface area contributed by atoms with E-state index in [2.05, 4.69) is 23.2 Å². The topological polar surface area (TPSA) is 63.9 Å². The van der Waals surface area contributed by atoms with Gasteiger partial charge in [-0.1, -0.05) is 30.7 Å². The summed E-state index contributed by atoms with van der Waals surface area (Å²) < 4.78 is 1.19. The van der Waals surface area contributed by atoms with Crippen molar-refractivity contribution in [2.75, 3.05) is 7.05 Å². The van der Waals surface area contributed by atoms with Crippen LogP contribution in [0.25, 0.3) is 15.9 Å². The van der Waals surface area contributed by atoms with E-state index >= 15 is 0 Å². The van der Waals surface area contributed by atoms with Gasteiger partial charge in [0.25, 0.3) is 5.91 Å². The normalized spacial score (nSPS) is 12.2. The number of thiazole rings is 1. The van der Waals surface area contributed by atoms with E-state index in [1.54, 1.807) is 46.8 Å². The number of para-hydroxylation sites is 1. The molecule has 4 aromatic rings. The van der Waals surface area contributed by atoms with Crippen molar-refractivity contribution < 1.29 is 4.79 Å². The Labute approximate surface area is 184 Å². The molecule has 0 radical (unpaired) electrons. The number of fused-ring (bicyclic) bond motifs is 1. The molecule has 0 bridgehead atoms. The smallest absolute Gasteiger partial charge is 0.256 e. The van der Waals surface area contributed by atoms with Crippen molar-refractivity contribution >= 4 is 39.1 Å². The zero-order chi connectivity index (χ0) is 21.1. The molecular formula is C22H22ClN5OS. The molecule has 2 aromatic heterocycles. The first-order valence-electron chi connectivity index (χ1n) is 9.84. The molecule has 0 saturated heterocycles.